The first-order valence-corrected chi connectivity index (χ1v) is 15.7. The maximum atomic E-state index is 15.0. The van der Waals surface area contributed by atoms with Gasteiger partial charge in [-0.1, -0.05) is 18.2 Å². The normalized spacial score (nSPS) is 14.0. The average Bonchev–Trinajstić information content (AvgIpc) is 3.58. The predicted octanol–water partition coefficient (Wildman–Crippen LogP) is 3.78. The van der Waals surface area contributed by atoms with Crippen LogP contribution in [0.5, 0.6) is 11.5 Å². The molecule has 0 radical (unpaired) electrons. The van der Waals surface area contributed by atoms with Crippen LogP contribution in [0.1, 0.15) is 23.2 Å². The van der Waals surface area contributed by atoms with Crippen molar-refractivity contribution in [1.82, 2.24) is 25.1 Å². The average molecular weight is 625 g/mol. The van der Waals surface area contributed by atoms with Crippen molar-refractivity contribution in [2.75, 3.05) is 51.6 Å². The van der Waals surface area contributed by atoms with Gasteiger partial charge in [-0.25, -0.2) is 14.4 Å². The third kappa shape index (κ3) is 7.50. The number of ether oxygens (including phenoxy) is 2. The lowest BCUT2D eigenvalue weighted by Crippen LogP contribution is -2.46. The number of amides is 1. The van der Waals surface area contributed by atoms with Crippen molar-refractivity contribution in [1.29, 1.82) is 0 Å². The Hall–Kier alpha value is -4.56. The number of aromatic nitrogens is 4. The number of anilines is 1. The Bertz CT molecular complexity index is 1710. The first-order chi connectivity index (χ1) is 21.1. The third-order valence-corrected chi connectivity index (χ3v) is 7.90. The number of halogens is 1. The molecule has 1 saturated heterocycles. The van der Waals surface area contributed by atoms with Crippen LogP contribution in [0.4, 0.5) is 10.2 Å². The number of hydrogen-bond donors (Lipinski definition) is 1. The summed E-state index contributed by atoms with van der Waals surface area (Å²) in [7, 11) is -0.371. The van der Waals surface area contributed by atoms with E-state index in [0.29, 0.717) is 48.8 Å². The zero-order valence-corrected chi connectivity index (χ0v) is 25.4. The third-order valence-electron chi connectivity index (χ3n) is 7.30. The summed E-state index contributed by atoms with van der Waals surface area (Å²) in [5.41, 5.74) is 2.88. The molecule has 12 nitrogen and oxygen atoms in total. The molecule has 14 heteroatoms. The number of carbonyl (C=O) groups is 1. The van der Waals surface area contributed by atoms with Crippen LogP contribution < -0.4 is 14.4 Å². The highest BCUT2D eigenvalue weighted by Gasteiger charge is 2.28. The number of nitrogens with one attached hydrogen (secondary N) is 1. The monoisotopic (exact) mass is 624 g/mol. The van der Waals surface area contributed by atoms with E-state index in [2.05, 4.69) is 20.2 Å². The number of methoxy groups -OCH3 is 1. The number of benzene rings is 2. The molecule has 4 aromatic rings. The lowest BCUT2D eigenvalue weighted by Gasteiger charge is -2.37. The molecule has 44 heavy (non-hydrogen) atoms. The van der Waals surface area contributed by atoms with Crippen molar-refractivity contribution in [3.8, 4) is 34.1 Å². The number of H-pyrrole nitrogens is 1. The van der Waals surface area contributed by atoms with Crippen LogP contribution in [0.25, 0.3) is 22.6 Å². The van der Waals surface area contributed by atoms with E-state index in [-0.39, 0.29) is 31.0 Å². The van der Waals surface area contributed by atoms with Crippen LogP contribution >= 0.6 is 0 Å². The highest BCUT2D eigenvalue weighted by molar-refractivity contribution is 7.85. The van der Waals surface area contributed by atoms with Gasteiger partial charge in [0.25, 0.3) is 16.0 Å². The van der Waals surface area contributed by atoms with Crippen molar-refractivity contribution < 1.29 is 31.3 Å². The molecule has 3 heterocycles. The quantitative estimate of drug-likeness (QED) is 0.194. The highest BCUT2D eigenvalue weighted by Crippen LogP contribution is 2.29. The summed E-state index contributed by atoms with van der Waals surface area (Å²) in [4.78, 5) is 25.8. The van der Waals surface area contributed by atoms with E-state index in [4.69, 9.17) is 13.7 Å². The fraction of sp³-hybridized carbons (Fsp3) is 0.333. The molecule has 2 aromatic carbocycles. The molecule has 0 spiro atoms. The largest absolute Gasteiger partial charge is 0.497 e. The van der Waals surface area contributed by atoms with Gasteiger partial charge in [-0.2, -0.15) is 13.5 Å². The van der Waals surface area contributed by atoms with E-state index in [0.717, 1.165) is 23.1 Å². The molecule has 1 fully saturated rings. The van der Waals surface area contributed by atoms with Crippen molar-refractivity contribution in [3.05, 3.63) is 72.3 Å². The maximum absolute atomic E-state index is 15.0. The Morgan fingerprint density at radius 1 is 1.09 bits per heavy atom. The molecule has 5 rings (SSSR count). The van der Waals surface area contributed by atoms with Gasteiger partial charge in [0.1, 0.15) is 24.7 Å². The van der Waals surface area contributed by atoms with Gasteiger partial charge in [-0.3, -0.25) is 14.1 Å². The van der Waals surface area contributed by atoms with Crippen LogP contribution in [0, 0.1) is 5.82 Å². The Labute approximate surface area is 254 Å². The molecule has 0 aliphatic carbocycles. The standard InChI is InChI=1S/C30H33FN6O6S/c1-36(30(38)22-16-24(41-2)18-25(17-22)42-13-14-43-44(3,39)40)23-8-11-37(12-9-23)29-26(31)19-32-28(34-29)21-6-4-5-20(15-21)27-7-10-33-35-27/h4-7,10,15-19,23H,8-9,11-14H2,1-3H3,(H,33,35). The lowest BCUT2D eigenvalue weighted by molar-refractivity contribution is 0.0708. The summed E-state index contributed by atoms with van der Waals surface area (Å²) >= 11 is 0. The Balaban J connectivity index is 1.24. The van der Waals surface area contributed by atoms with Crippen LogP contribution in [0.3, 0.4) is 0 Å². The lowest BCUT2D eigenvalue weighted by atomic mass is 10.0. The minimum atomic E-state index is -3.58. The summed E-state index contributed by atoms with van der Waals surface area (Å²) in [6.07, 6.45) is 5.03. The number of hydrogen-bond acceptors (Lipinski definition) is 10. The minimum absolute atomic E-state index is 0.0286. The molecule has 1 aliphatic rings. The highest BCUT2D eigenvalue weighted by atomic mass is 32.2. The number of rotatable bonds is 11. The topological polar surface area (TPSA) is 140 Å². The molecule has 2 aromatic heterocycles. The van der Waals surface area contributed by atoms with Crippen LogP contribution in [0.2, 0.25) is 0 Å². The van der Waals surface area contributed by atoms with Crippen molar-refractivity contribution in [3.63, 3.8) is 0 Å². The van der Waals surface area contributed by atoms with Crippen LogP contribution in [0.15, 0.2) is 60.9 Å². The first kappa shape index (κ1) is 30.9. The van der Waals surface area contributed by atoms with E-state index in [1.54, 1.807) is 36.3 Å². The molecule has 1 amide bonds. The van der Waals surface area contributed by atoms with Crippen molar-refractivity contribution in [2.24, 2.45) is 0 Å². The molecular formula is C30H33FN6O6S. The number of carbonyl (C=O) groups excluding carboxylic acids is 1. The molecule has 0 atom stereocenters. The van der Waals surface area contributed by atoms with Gasteiger partial charge in [0.05, 0.1) is 25.3 Å². The zero-order valence-electron chi connectivity index (χ0n) is 24.6. The number of aromatic amines is 1. The summed E-state index contributed by atoms with van der Waals surface area (Å²) in [6, 6.07) is 14.2. The fourth-order valence-corrected chi connectivity index (χ4v) is 5.41. The van der Waals surface area contributed by atoms with Gasteiger partial charge in [0.2, 0.25) is 0 Å². The number of piperidine rings is 1. The SMILES string of the molecule is COc1cc(OCCOS(C)(=O)=O)cc(C(=O)N(C)C2CCN(c3nc(-c4cccc(-c5ccn[nH]5)c4)ncc3F)CC2)c1. The van der Waals surface area contributed by atoms with Gasteiger partial charge in [-0.05, 0) is 37.1 Å². The van der Waals surface area contributed by atoms with E-state index in [9.17, 15) is 17.6 Å². The molecule has 0 saturated carbocycles. The molecule has 1 aliphatic heterocycles. The van der Waals surface area contributed by atoms with E-state index in [1.165, 1.54) is 13.3 Å². The molecule has 1 N–H and O–H groups in total. The van der Waals surface area contributed by atoms with Gasteiger partial charge < -0.3 is 19.3 Å². The second kappa shape index (κ2) is 13.4. The van der Waals surface area contributed by atoms with Gasteiger partial charge in [-0.15, -0.1) is 0 Å². The van der Waals surface area contributed by atoms with Crippen molar-refractivity contribution >= 4 is 21.8 Å². The number of nitrogens with zero attached hydrogens (tertiary/aromatic N) is 5. The molecular weight excluding hydrogens is 591 g/mol. The van der Waals surface area contributed by atoms with Crippen LogP contribution in [-0.2, 0) is 14.3 Å². The van der Waals surface area contributed by atoms with E-state index < -0.39 is 15.9 Å². The fourth-order valence-electron chi connectivity index (χ4n) is 5.04. The van der Waals surface area contributed by atoms with E-state index in [1.807, 2.05) is 35.2 Å². The summed E-state index contributed by atoms with van der Waals surface area (Å²) in [5, 5.41) is 6.93. The predicted molar refractivity (Wildman–Crippen MR) is 162 cm³/mol. The summed E-state index contributed by atoms with van der Waals surface area (Å²) < 4.78 is 52.9. The summed E-state index contributed by atoms with van der Waals surface area (Å²) in [5.74, 6) is 0.667. The Morgan fingerprint density at radius 2 is 1.84 bits per heavy atom. The van der Waals surface area contributed by atoms with Crippen LogP contribution in [-0.4, -0.2) is 92.1 Å². The maximum Gasteiger partial charge on any atom is 0.264 e. The Morgan fingerprint density at radius 3 is 2.55 bits per heavy atom. The van der Waals surface area contributed by atoms with Gasteiger partial charge >= 0.3 is 0 Å². The van der Waals surface area contributed by atoms with E-state index >= 15 is 0 Å². The van der Waals surface area contributed by atoms with Gasteiger partial charge in [0.15, 0.2) is 17.5 Å². The molecule has 0 bridgehead atoms. The first-order valence-electron chi connectivity index (χ1n) is 13.9. The van der Waals surface area contributed by atoms with Crippen molar-refractivity contribution in [2.45, 2.75) is 18.9 Å². The second-order valence-corrected chi connectivity index (χ2v) is 12.0. The smallest absolute Gasteiger partial charge is 0.264 e. The Kier molecular flexibility index (Phi) is 9.40. The summed E-state index contributed by atoms with van der Waals surface area (Å²) in [6.45, 7) is 0.802. The van der Waals surface area contributed by atoms with Gasteiger partial charge in [0, 0.05) is 55.1 Å². The second-order valence-electron chi connectivity index (χ2n) is 10.3. The molecule has 0 unspecified atom stereocenters. The molecule has 232 valence electrons. The minimum Gasteiger partial charge on any atom is -0.497 e. The zero-order chi connectivity index (χ0) is 31.3.